The third kappa shape index (κ3) is 5.51. The van der Waals surface area contributed by atoms with E-state index in [1.54, 1.807) is 0 Å². The molecule has 2 aliphatic rings. The summed E-state index contributed by atoms with van der Waals surface area (Å²) in [6, 6.07) is 14.1. The number of carbonyl (C=O) groups is 1. The number of piperidine rings is 1. The van der Waals surface area contributed by atoms with Crippen LogP contribution < -0.4 is 0 Å². The second-order valence-electron chi connectivity index (χ2n) is 8.60. The molecule has 1 atom stereocenters. The van der Waals surface area contributed by atoms with Gasteiger partial charge in [0, 0.05) is 0 Å². The fourth-order valence-electron chi connectivity index (χ4n) is 4.88. The lowest BCUT2D eigenvalue weighted by atomic mass is 9.77. The van der Waals surface area contributed by atoms with Crippen LogP contribution in [-0.2, 0) is 22.7 Å². The Balaban J connectivity index is 1.36. The van der Waals surface area contributed by atoms with Crippen LogP contribution in [0.5, 0.6) is 0 Å². The maximum absolute atomic E-state index is 13.1. The van der Waals surface area contributed by atoms with E-state index < -0.39 is 0 Å². The predicted octanol–water partition coefficient (Wildman–Crippen LogP) is 5.67. The number of esters is 1. The zero-order valence-corrected chi connectivity index (χ0v) is 17.4. The summed E-state index contributed by atoms with van der Waals surface area (Å²) < 4.78 is 11.7. The number of furan rings is 1. The van der Waals surface area contributed by atoms with Crippen LogP contribution in [0.25, 0.3) is 0 Å². The van der Waals surface area contributed by atoms with Crippen molar-refractivity contribution in [2.24, 2.45) is 5.92 Å². The Kier molecular flexibility index (Phi) is 7.04. The molecular formula is C25H33NO3. The smallest absolute Gasteiger partial charge is 0.314 e. The topological polar surface area (TPSA) is 42.7 Å². The molecule has 29 heavy (non-hydrogen) atoms. The minimum absolute atomic E-state index is 0.114. The molecule has 2 aromatic rings. The van der Waals surface area contributed by atoms with E-state index in [2.05, 4.69) is 17.0 Å². The molecule has 0 amide bonds. The maximum Gasteiger partial charge on any atom is 0.314 e. The molecule has 1 aromatic heterocycles. The molecule has 1 aromatic carbocycles. The molecule has 1 saturated heterocycles. The van der Waals surface area contributed by atoms with Gasteiger partial charge in [0.05, 0.1) is 12.5 Å². The SMILES string of the molecule is O=C(OCc1ccc(CN2CCCCC2)o1)[C@H](c1ccccc1)C1CCCCC1. The molecule has 0 N–H and O–H groups in total. The third-order valence-electron chi connectivity index (χ3n) is 6.44. The van der Waals surface area contributed by atoms with E-state index in [1.165, 1.54) is 38.5 Å². The third-order valence-corrected chi connectivity index (χ3v) is 6.44. The number of likely N-dealkylation sites (tertiary alicyclic amines) is 1. The predicted molar refractivity (Wildman–Crippen MR) is 113 cm³/mol. The molecule has 0 radical (unpaired) electrons. The van der Waals surface area contributed by atoms with Crippen LogP contribution in [0.15, 0.2) is 46.9 Å². The normalized spacial score (nSPS) is 19.7. The van der Waals surface area contributed by atoms with Crippen LogP contribution in [-0.4, -0.2) is 24.0 Å². The standard InChI is InChI=1S/C25H33NO3/c27-25(24(20-10-4-1-5-11-20)21-12-6-2-7-13-21)28-19-23-15-14-22(29-23)18-26-16-8-3-9-17-26/h1,4-5,10-11,14-15,21,24H,2-3,6-9,12-13,16-19H2/t24-/m1/s1. The van der Waals surface area contributed by atoms with Gasteiger partial charge in [0.25, 0.3) is 0 Å². The van der Waals surface area contributed by atoms with Crippen molar-refractivity contribution in [2.45, 2.75) is 70.4 Å². The van der Waals surface area contributed by atoms with Crippen molar-refractivity contribution in [3.63, 3.8) is 0 Å². The van der Waals surface area contributed by atoms with Crippen molar-refractivity contribution in [3.05, 3.63) is 59.5 Å². The van der Waals surface area contributed by atoms with Gasteiger partial charge in [0.15, 0.2) is 0 Å². The van der Waals surface area contributed by atoms with Gasteiger partial charge in [0.1, 0.15) is 18.1 Å². The van der Waals surface area contributed by atoms with E-state index in [4.69, 9.17) is 9.15 Å². The Morgan fingerprint density at radius 3 is 2.38 bits per heavy atom. The molecule has 0 unspecified atom stereocenters. The van der Waals surface area contributed by atoms with Crippen molar-refractivity contribution < 1.29 is 13.9 Å². The lowest BCUT2D eigenvalue weighted by Crippen LogP contribution is -2.28. The minimum Gasteiger partial charge on any atom is -0.461 e. The molecule has 0 spiro atoms. The Morgan fingerprint density at radius 2 is 1.62 bits per heavy atom. The largest absolute Gasteiger partial charge is 0.461 e. The first-order valence-corrected chi connectivity index (χ1v) is 11.3. The van der Waals surface area contributed by atoms with E-state index in [0.717, 1.165) is 49.6 Å². The van der Waals surface area contributed by atoms with Gasteiger partial charge in [-0.2, -0.15) is 0 Å². The van der Waals surface area contributed by atoms with Crippen molar-refractivity contribution in [1.29, 1.82) is 0 Å². The first kappa shape index (κ1) is 20.2. The van der Waals surface area contributed by atoms with Gasteiger partial charge in [-0.05, 0) is 62.4 Å². The van der Waals surface area contributed by atoms with Gasteiger partial charge < -0.3 is 9.15 Å². The molecule has 1 aliphatic carbocycles. The number of hydrogen-bond donors (Lipinski definition) is 0. The molecule has 4 rings (SSSR count). The number of carbonyl (C=O) groups excluding carboxylic acids is 1. The zero-order valence-electron chi connectivity index (χ0n) is 17.4. The molecule has 0 bridgehead atoms. The number of nitrogens with zero attached hydrogens (tertiary/aromatic N) is 1. The van der Waals surface area contributed by atoms with Gasteiger partial charge in [-0.25, -0.2) is 0 Å². The zero-order chi connectivity index (χ0) is 19.9. The highest BCUT2D eigenvalue weighted by molar-refractivity contribution is 5.78. The van der Waals surface area contributed by atoms with Gasteiger partial charge in [0.2, 0.25) is 0 Å². The van der Waals surface area contributed by atoms with Crippen LogP contribution >= 0.6 is 0 Å². The van der Waals surface area contributed by atoms with Crippen LogP contribution in [0.3, 0.4) is 0 Å². The number of rotatable bonds is 7. The minimum atomic E-state index is -0.167. The Labute approximate surface area is 174 Å². The van der Waals surface area contributed by atoms with E-state index in [-0.39, 0.29) is 18.5 Å². The van der Waals surface area contributed by atoms with Gasteiger partial charge in [-0.3, -0.25) is 9.69 Å². The first-order valence-electron chi connectivity index (χ1n) is 11.3. The lowest BCUT2D eigenvalue weighted by molar-refractivity contribution is -0.149. The van der Waals surface area contributed by atoms with Crippen LogP contribution in [0, 0.1) is 5.92 Å². The summed E-state index contributed by atoms with van der Waals surface area (Å²) in [6.07, 6.45) is 9.78. The summed E-state index contributed by atoms with van der Waals surface area (Å²) in [5.41, 5.74) is 1.08. The second kappa shape index (κ2) is 10.1. The highest BCUT2D eigenvalue weighted by atomic mass is 16.5. The Hall–Kier alpha value is -2.07. The number of ether oxygens (including phenoxy) is 1. The van der Waals surface area contributed by atoms with Crippen LogP contribution in [0.4, 0.5) is 0 Å². The van der Waals surface area contributed by atoms with Crippen molar-refractivity contribution >= 4 is 5.97 Å². The average molecular weight is 396 g/mol. The van der Waals surface area contributed by atoms with E-state index in [9.17, 15) is 4.79 Å². The fraction of sp³-hybridized carbons (Fsp3) is 0.560. The van der Waals surface area contributed by atoms with Crippen LogP contribution in [0.1, 0.15) is 74.4 Å². The summed E-state index contributed by atoms with van der Waals surface area (Å²) in [5.74, 6) is 1.80. The average Bonchev–Trinajstić information content (AvgIpc) is 3.22. The van der Waals surface area contributed by atoms with Gasteiger partial charge >= 0.3 is 5.97 Å². The quantitative estimate of drug-likeness (QED) is 0.566. The van der Waals surface area contributed by atoms with E-state index in [1.807, 2.05) is 30.3 Å². The highest BCUT2D eigenvalue weighted by Crippen LogP contribution is 2.37. The van der Waals surface area contributed by atoms with Crippen molar-refractivity contribution in [3.8, 4) is 0 Å². The Morgan fingerprint density at radius 1 is 0.931 bits per heavy atom. The summed E-state index contributed by atoms with van der Waals surface area (Å²) >= 11 is 0. The summed E-state index contributed by atoms with van der Waals surface area (Å²) in [4.78, 5) is 15.5. The Bertz CT molecular complexity index is 757. The monoisotopic (exact) mass is 395 g/mol. The first-order chi connectivity index (χ1) is 14.3. The number of hydrogen-bond acceptors (Lipinski definition) is 4. The molecular weight excluding hydrogens is 362 g/mol. The van der Waals surface area contributed by atoms with Gasteiger partial charge in [-0.1, -0.05) is 56.0 Å². The maximum atomic E-state index is 13.1. The molecule has 4 nitrogen and oxygen atoms in total. The molecule has 1 aliphatic heterocycles. The summed E-state index contributed by atoms with van der Waals surface area (Å²) in [5, 5.41) is 0. The van der Waals surface area contributed by atoms with Gasteiger partial charge in [-0.15, -0.1) is 0 Å². The molecule has 2 fully saturated rings. The van der Waals surface area contributed by atoms with E-state index >= 15 is 0 Å². The molecule has 2 heterocycles. The molecule has 4 heteroatoms. The summed E-state index contributed by atoms with van der Waals surface area (Å²) in [7, 11) is 0. The van der Waals surface area contributed by atoms with Crippen molar-refractivity contribution in [1.82, 2.24) is 4.90 Å². The van der Waals surface area contributed by atoms with Crippen LogP contribution in [0.2, 0.25) is 0 Å². The summed E-state index contributed by atoms with van der Waals surface area (Å²) in [6.45, 7) is 3.36. The molecule has 1 saturated carbocycles. The van der Waals surface area contributed by atoms with Crippen molar-refractivity contribution in [2.75, 3.05) is 13.1 Å². The molecule has 156 valence electrons. The highest BCUT2D eigenvalue weighted by Gasteiger charge is 2.32. The fourth-order valence-corrected chi connectivity index (χ4v) is 4.88. The lowest BCUT2D eigenvalue weighted by Gasteiger charge is -2.29. The second-order valence-corrected chi connectivity index (χ2v) is 8.60. The number of benzene rings is 1. The van der Waals surface area contributed by atoms with E-state index in [0.29, 0.717) is 5.92 Å².